The number of β-lactam (4-membered cyclic amide) rings is 1. The van der Waals surface area contributed by atoms with Crippen LogP contribution in [0.4, 0.5) is 0 Å². The summed E-state index contributed by atoms with van der Waals surface area (Å²) in [5.41, 5.74) is 4.71. The fourth-order valence-corrected chi connectivity index (χ4v) is 9.60. The number of amides is 1. The molecule has 290 valence electrons. The van der Waals surface area contributed by atoms with Crippen LogP contribution in [0.2, 0.25) is 0 Å². The van der Waals surface area contributed by atoms with Crippen molar-refractivity contribution in [3.63, 3.8) is 0 Å². The van der Waals surface area contributed by atoms with Crippen LogP contribution in [0.25, 0.3) is 0 Å². The first-order valence-corrected chi connectivity index (χ1v) is 21.3. The monoisotopic (exact) mass is 804 g/mol. The zero-order chi connectivity index (χ0) is 40.1. The van der Waals surface area contributed by atoms with Gasteiger partial charge in [-0.2, -0.15) is 8.42 Å². The van der Waals surface area contributed by atoms with E-state index in [1.165, 1.54) is 34.9 Å². The van der Waals surface area contributed by atoms with Crippen molar-refractivity contribution in [1.29, 1.82) is 0 Å². The van der Waals surface area contributed by atoms with E-state index in [2.05, 4.69) is 5.32 Å². The average molecular weight is 805 g/mol. The highest BCUT2D eigenvalue weighted by atomic mass is 32.2. The molecule has 10 heteroatoms. The number of allylic oxidation sites excluding steroid dienone is 1. The Bertz CT molecular complexity index is 2420. The molecule has 1 N–H and O–H groups in total. The highest BCUT2D eigenvalue weighted by Gasteiger charge is 2.56. The van der Waals surface area contributed by atoms with Crippen molar-refractivity contribution in [2.24, 2.45) is 0 Å². The summed E-state index contributed by atoms with van der Waals surface area (Å²) < 4.78 is 37.9. The number of rotatable bonds is 13. The molecule has 0 aliphatic carbocycles. The summed E-state index contributed by atoms with van der Waals surface area (Å²) >= 11 is 1.47. The summed E-state index contributed by atoms with van der Waals surface area (Å²) in [6.45, 7) is 1.86. The maximum atomic E-state index is 14.8. The Labute approximate surface area is 343 Å². The lowest BCUT2D eigenvalue weighted by molar-refractivity contribution is -0.154. The summed E-state index contributed by atoms with van der Waals surface area (Å²) in [7, 11) is -4.16. The summed E-state index contributed by atoms with van der Waals surface area (Å²) in [6.07, 6.45) is 1.70. The number of esters is 1. The lowest BCUT2D eigenvalue weighted by atomic mass is 9.76. The van der Waals surface area contributed by atoms with Crippen LogP contribution >= 0.6 is 11.8 Å². The highest BCUT2D eigenvalue weighted by Crippen LogP contribution is 2.45. The van der Waals surface area contributed by atoms with E-state index in [1.54, 1.807) is 12.1 Å². The summed E-state index contributed by atoms with van der Waals surface area (Å²) in [6, 6.07) is 54.5. The van der Waals surface area contributed by atoms with Gasteiger partial charge in [0.05, 0.1) is 5.54 Å². The third kappa shape index (κ3) is 7.61. The van der Waals surface area contributed by atoms with Gasteiger partial charge in [-0.15, -0.1) is 11.8 Å². The van der Waals surface area contributed by atoms with Crippen molar-refractivity contribution in [2.45, 2.75) is 34.9 Å². The van der Waals surface area contributed by atoms with Gasteiger partial charge in [-0.3, -0.25) is 15.0 Å². The van der Waals surface area contributed by atoms with Crippen LogP contribution in [0.3, 0.4) is 0 Å². The van der Waals surface area contributed by atoms with Crippen molar-refractivity contribution in [3.05, 3.63) is 233 Å². The average Bonchev–Trinajstić information content (AvgIpc) is 3.27. The Balaban J connectivity index is 1.18. The number of fused-ring (bicyclic) bond motifs is 1. The first-order valence-electron chi connectivity index (χ1n) is 18.9. The van der Waals surface area contributed by atoms with Gasteiger partial charge in [0.25, 0.3) is 0 Å². The van der Waals surface area contributed by atoms with Gasteiger partial charge in [0.15, 0.2) is 6.10 Å². The summed E-state index contributed by atoms with van der Waals surface area (Å²) in [5.74, 6) is -0.791. The van der Waals surface area contributed by atoms with Crippen LogP contribution in [0.15, 0.2) is 204 Å². The molecule has 2 heterocycles. The number of nitrogens with one attached hydrogen (secondary N) is 1. The maximum absolute atomic E-state index is 14.8. The van der Waals surface area contributed by atoms with Gasteiger partial charge in [-0.05, 0) is 58.5 Å². The molecule has 0 aromatic heterocycles. The molecule has 2 aliphatic heterocycles. The van der Waals surface area contributed by atoms with E-state index in [9.17, 15) is 18.0 Å². The van der Waals surface area contributed by atoms with E-state index >= 15 is 0 Å². The quantitative estimate of drug-likeness (QED) is 0.0407. The van der Waals surface area contributed by atoms with Crippen LogP contribution in [0.5, 0.6) is 0 Å². The first-order chi connectivity index (χ1) is 28.3. The predicted molar refractivity (Wildman–Crippen MR) is 226 cm³/mol. The molecule has 1 fully saturated rings. The molecule has 0 radical (unpaired) electrons. The number of hydrogen-bond acceptors (Lipinski definition) is 8. The van der Waals surface area contributed by atoms with E-state index < -0.39 is 39.1 Å². The summed E-state index contributed by atoms with van der Waals surface area (Å²) in [5, 5.41) is 3.30. The van der Waals surface area contributed by atoms with Gasteiger partial charge in [-0.25, -0.2) is 4.79 Å². The molecule has 58 heavy (non-hydrogen) atoms. The Morgan fingerprint density at radius 1 is 0.724 bits per heavy atom. The SMILES string of the molecule is Cc1ccc(S(=O)(=O)OC=CC2=C(C(=O)OC(c3ccccc3)c3ccccc3)N3C(=O)C(NC(c4ccccc4)(c4ccccc4)c4ccccc4)C3SC2)cc1. The molecule has 2 unspecified atom stereocenters. The van der Waals surface area contributed by atoms with Gasteiger partial charge in [-0.1, -0.05) is 169 Å². The van der Waals surface area contributed by atoms with Crippen molar-refractivity contribution in [3.8, 4) is 0 Å². The molecule has 1 amide bonds. The predicted octanol–water partition coefficient (Wildman–Crippen LogP) is 8.67. The second-order valence-corrected chi connectivity index (χ2v) is 16.7. The highest BCUT2D eigenvalue weighted by molar-refractivity contribution is 8.00. The van der Waals surface area contributed by atoms with Crippen LogP contribution in [0.1, 0.15) is 39.5 Å². The first kappa shape index (κ1) is 38.7. The van der Waals surface area contributed by atoms with Crippen molar-refractivity contribution >= 4 is 33.8 Å². The lowest BCUT2D eigenvalue weighted by Gasteiger charge is -2.53. The third-order valence-electron chi connectivity index (χ3n) is 10.4. The molecule has 6 aromatic carbocycles. The minimum atomic E-state index is -4.16. The van der Waals surface area contributed by atoms with E-state index in [4.69, 9.17) is 8.92 Å². The fourth-order valence-electron chi connectivity index (χ4n) is 7.50. The van der Waals surface area contributed by atoms with Crippen molar-refractivity contribution in [2.75, 3.05) is 5.75 Å². The van der Waals surface area contributed by atoms with Crippen LogP contribution in [-0.4, -0.2) is 42.4 Å². The Hall–Kier alpha value is -6.20. The number of ether oxygens (including phenoxy) is 1. The minimum Gasteiger partial charge on any atom is -0.448 e. The molecule has 1 saturated heterocycles. The fraction of sp³-hybridized carbons (Fsp3) is 0.125. The molecule has 8 nitrogen and oxygen atoms in total. The van der Waals surface area contributed by atoms with Crippen molar-refractivity contribution in [1.82, 2.24) is 10.2 Å². The Morgan fingerprint density at radius 2 is 1.19 bits per heavy atom. The maximum Gasteiger partial charge on any atom is 0.356 e. The molecule has 0 spiro atoms. The zero-order valence-electron chi connectivity index (χ0n) is 31.6. The topological polar surface area (TPSA) is 102 Å². The minimum absolute atomic E-state index is 0.00595. The second kappa shape index (κ2) is 16.7. The second-order valence-electron chi connectivity index (χ2n) is 14.0. The van der Waals surface area contributed by atoms with Gasteiger partial charge < -0.3 is 8.92 Å². The number of aryl methyl sites for hydroxylation is 1. The van der Waals surface area contributed by atoms with Crippen LogP contribution in [-0.2, 0) is 34.2 Å². The molecule has 0 saturated carbocycles. The molecule has 0 bridgehead atoms. The van der Waals surface area contributed by atoms with Gasteiger partial charge >= 0.3 is 16.1 Å². The molecule has 2 aliphatic rings. The number of benzene rings is 6. The molecule has 6 aromatic rings. The standard InChI is InChI=1S/C48H40N2O6S2/c1-34-27-29-41(30-28-34)58(53,54)55-32-31-37-33-57-46-42(49-48(38-21-11-4-12-22-38,39-23-13-5-14-24-39)40-25-15-6-16-26-40)45(51)50(46)43(37)47(52)56-44(35-17-7-2-8-18-35)36-19-9-3-10-20-36/h2-32,42,44,46,49H,33H2,1H3. The van der Waals surface area contributed by atoms with E-state index in [0.717, 1.165) is 39.6 Å². The van der Waals surface area contributed by atoms with E-state index in [0.29, 0.717) is 5.57 Å². The van der Waals surface area contributed by atoms with E-state index in [-0.39, 0.29) is 22.3 Å². The van der Waals surface area contributed by atoms with Gasteiger partial charge in [0.1, 0.15) is 28.3 Å². The van der Waals surface area contributed by atoms with Gasteiger partial charge in [0.2, 0.25) is 5.91 Å². The van der Waals surface area contributed by atoms with Crippen molar-refractivity contribution < 1.29 is 26.9 Å². The Kier molecular flexibility index (Phi) is 11.1. The molecular formula is C48H40N2O6S2. The Morgan fingerprint density at radius 3 is 1.67 bits per heavy atom. The normalized spacial score (nSPS) is 16.9. The van der Waals surface area contributed by atoms with E-state index in [1.807, 2.05) is 159 Å². The van der Waals surface area contributed by atoms with Crippen LogP contribution in [0, 0.1) is 6.92 Å². The van der Waals surface area contributed by atoms with Gasteiger partial charge in [0, 0.05) is 5.75 Å². The zero-order valence-corrected chi connectivity index (χ0v) is 33.2. The van der Waals surface area contributed by atoms with Crippen LogP contribution < -0.4 is 5.32 Å². The third-order valence-corrected chi connectivity index (χ3v) is 12.9. The smallest absolute Gasteiger partial charge is 0.356 e. The molecule has 8 rings (SSSR count). The molecule has 2 atom stereocenters. The number of thioether (sulfide) groups is 1. The number of carbonyl (C=O) groups is 2. The number of carbonyl (C=O) groups excluding carboxylic acids is 2. The molecular weight excluding hydrogens is 765 g/mol. The largest absolute Gasteiger partial charge is 0.448 e. The lowest BCUT2D eigenvalue weighted by Crippen LogP contribution is -2.72. The number of hydrogen-bond donors (Lipinski definition) is 1. The number of nitrogens with zero attached hydrogens (tertiary/aromatic N) is 1. The summed E-state index contributed by atoms with van der Waals surface area (Å²) in [4.78, 5) is 30.9.